The van der Waals surface area contributed by atoms with Crippen molar-refractivity contribution < 1.29 is 31.3 Å². The van der Waals surface area contributed by atoms with E-state index in [4.69, 9.17) is 0 Å². The fourth-order valence-corrected chi connectivity index (χ4v) is 3.65. The van der Waals surface area contributed by atoms with E-state index in [1.807, 2.05) is 0 Å². The highest BCUT2D eigenvalue weighted by Crippen LogP contribution is 2.38. The molecule has 0 unspecified atom stereocenters. The van der Waals surface area contributed by atoms with Crippen LogP contribution in [0.25, 0.3) is 16.8 Å². The third-order valence-corrected chi connectivity index (χ3v) is 5.46. The second kappa shape index (κ2) is 9.19. The molecule has 0 atom stereocenters. The number of alkyl halides is 6. The van der Waals surface area contributed by atoms with Crippen LogP contribution in [0.2, 0.25) is 0 Å². The van der Waals surface area contributed by atoms with Gasteiger partial charge in [0.15, 0.2) is 0 Å². The predicted molar refractivity (Wildman–Crippen MR) is 118 cm³/mol. The molecule has 0 radical (unpaired) electrons. The average molecular weight is 523 g/mol. The molecule has 3 aromatic carbocycles. The molecule has 0 N–H and O–H groups in total. The van der Waals surface area contributed by atoms with Crippen molar-refractivity contribution in [3.63, 3.8) is 0 Å². The molecule has 0 spiro atoms. The van der Waals surface area contributed by atoms with Crippen molar-refractivity contribution in [3.8, 4) is 16.8 Å². The predicted octanol–water partition coefficient (Wildman–Crippen LogP) is 5.40. The summed E-state index contributed by atoms with van der Waals surface area (Å²) in [6.45, 7) is 1.51. The Morgan fingerprint density at radius 1 is 0.838 bits per heavy atom. The smallest absolute Gasteiger partial charge is 0.258 e. The molecule has 4 aromatic rings. The molecule has 1 heterocycles. The van der Waals surface area contributed by atoms with E-state index in [1.165, 1.54) is 42.5 Å². The van der Waals surface area contributed by atoms with E-state index in [2.05, 4.69) is 10.4 Å². The highest BCUT2D eigenvalue weighted by atomic mass is 19.4. The van der Waals surface area contributed by atoms with Gasteiger partial charge in [0.25, 0.3) is 5.69 Å². The van der Waals surface area contributed by atoms with Crippen LogP contribution < -0.4 is 5.69 Å². The summed E-state index contributed by atoms with van der Waals surface area (Å²) >= 11 is 0. The Hall–Kier alpha value is -4.49. The molecule has 1 aromatic heterocycles. The Morgan fingerprint density at radius 2 is 1.43 bits per heavy atom. The Morgan fingerprint density at radius 3 is 1.95 bits per heavy atom. The number of nitro benzene ring substituents is 1. The summed E-state index contributed by atoms with van der Waals surface area (Å²) in [5.41, 5.74) is -2.78. The number of halogens is 6. The van der Waals surface area contributed by atoms with Gasteiger partial charge in [0.05, 0.1) is 28.3 Å². The zero-order valence-electron chi connectivity index (χ0n) is 18.7. The van der Waals surface area contributed by atoms with E-state index in [0.29, 0.717) is 23.3 Å². The van der Waals surface area contributed by atoms with Gasteiger partial charge in [0.1, 0.15) is 0 Å². The van der Waals surface area contributed by atoms with Gasteiger partial charge < -0.3 is 0 Å². The third kappa shape index (κ3) is 5.37. The van der Waals surface area contributed by atoms with Crippen molar-refractivity contribution in [3.05, 3.63) is 104 Å². The Labute approximate surface area is 203 Å². The first-order valence-corrected chi connectivity index (χ1v) is 10.4. The molecular weight excluding hydrogens is 508 g/mol. The van der Waals surface area contributed by atoms with Crippen molar-refractivity contribution >= 4 is 5.69 Å². The van der Waals surface area contributed by atoms with Gasteiger partial charge >= 0.3 is 18.0 Å². The lowest BCUT2D eigenvalue weighted by Crippen LogP contribution is -2.24. The minimum absolute atomic E-state index is 0.0415. The quantitative estimate of drug-likeness (QED) is 0.198. The SMILES string of the molecule is Cc1cc(Cn2nnn(-c3ccc(-c4cc(C(F)(F)F)cc(C(F)(F)F)c4)cc3)c2=O)ccc1[N+](=O)[O-]. The van der Waals surface area contributed by atoms with Crippen molar-refractivity contribution in [2.45, 2.75) is 25.8 Å². The number of aryl methyl sites for hydroxylation is 1. The number of nitro groups is 1. The van der Waals surface area contributed by atoms with Crippen molar-refractivity contribution in [2.24, 2.45) is 0 Å². The van der Waals surface area contributed by atoms with Crippen LogP contribution in [0.3, 0.4) is 0 Å². The zero-order chi connectivity index (χ0) is 27.1. The van der Waals surface area contributed by atoms with Gasteiger partial charge in [0.2, 0.25) is 0 Å². The van der Waals surface area contributed by atoms with Gasteiger partial charge in [-0.2, -0.15) is 35.7 Å². The summed E-state index contributed by atoms with van der Waals surface area (Å²) in [5.74, 6) is 0. The van der Waals surface area contributed by atoms with Crippen LogP contribution in [0.5, 0.6) is 0 Å². The Balaban J connectivity index is 1.63. The molecule has 37 heavy (non-hydrogen) atoms. The second-order valence-electron chi connectivity index (χ2n) is 8.05. The topological polar surface area (TPSA) is 95.8 Å². The summed E-state index contributed by atoms with van der Waals surface area (Å²) < 4.78 is 80.9. The van der Waals surface area contributed by atoms with Crippen molar-refractivity contribution in [1.82, 2.24) is 19.8 Å². The molecule has 0 bridgehead atoms. The molecule has 4 rings (SSSR count). The monoisotopic (exact) mass is 523 g/mol. The van der Waals surface area contributed by atoms with Gasteiger partial charge in [-0.3, -0.25) is 10.1 Å². The minimum atomic E-state index is -4.98. The second-order valence-corrected chi connectivity index (χ2v) is 8.05. The van der Waals surface area contributed by atoms with Crippen LogP contribution in [0.1, 0.15) is 22.3 Å². The van der Waals surface area contributed by atoms with Gasteiger partial charge in [-0.1, -0.05) is 18.2 Å². The first-order chi connectivity index (χ1) is 17.2. The summed E-state index contributed by atoms with van der Waals surface area (Å²) in [6.07, 6.45) is -9.96. The maximum absolute atomic E-state index is 13.2. The molecule has 0 amide bonds. The lowest BCUT2D eigenvalue weighted by molar-refractivity contribution is -0.385. The Kier molecular flexibility index (Phi) is 6.35. The molecular formula is C23H15F6N5O3. The standard InChI is InChI=1S/C23H15F6N5O3/c1-13-8-14(2-7-20(13)34(36)37)12-32-21(35)33(31-30-32)19-5-3-15(4-6-19)16-9-17(22(24,25)26)11-18(10-16)23(27,28)29/h2-11H,12H2,1H3. The highest BCUT2D eigenvalue weighted by Gasteiger charge is 2.37. The van der Waals surface area contributed by atoms with Crippen LogP contribution in [0.4, 0.5) is 32.0 Å². The first kappa shape index (κ1) is 25.6. The number of aromatic nitrogens is 4. The average Bonchev–Trinajstić information content (AvgIpc) is 3.17. The number of nitrogens with zero attached hydrogens (tertiary/aromatic N) is 5. The molecule has 0 fully saturated rings. The fraction of sp³-hybridized carbons (Fsp3) is 0.174. The van der Waals surface area contributed by atoms with Crippen LogP contribution in [0.15, 0.2) is 65.5 Å². The molecule has 0 aliphatic rings. The van der Waals surface area contributed by atoms with Gasteiger partial charge in [0, 0.05) is 11.6 Å². The number of tetrazole rings is 1. The summed E-state index contributed by atoms with van der Waals surface area (Å²) in [5, 5.41) is 18.5. The van der Waals surface area contributed by atoms with Gasteiger partial charge in [-0.25, -0.2) is 4.79 Å². The minimum Gasteiger partial charge on any atom is -0.258 e. The summed E-state index contributed by atoms with van der Waals surface area (Å²) in [7, 11) is 0. The summed E-state index contributed by atoms with van der Waals surface area (Å²) in [4.78, 5) is 23.2. The van der Waals surface area contributed by atoms with E-state index in [9.17, 15) is 41.3 Å². The molecule has 0 aliphatic heterocycles. The zero-order valence-corrected chi connectivity index (χ0v) is 18.7. The maximum atomic E-state index is 13.2. The van der Waals surface area contributed by atoms with Crippen molar-refractivity contribution in [1.29, 1.82) is 0 Å². The lowest BCUT2D eigenvalue weighted by Gasteiger charge is -2.14. The number of hydrogen-bond donors (Lipinski definition) is 0. The molecule has 14 heteroatoms. The summed E-state index contributed by atoms with van der Waals surface area (Å²) in [6, 6.07) is 10.7. The molecule has 8 nitrogen and oxygen atoms in total. The van der Waals surface area contributed by atoms with Gasteiger partial charge in [-0.15, -0.1) is 0 Å². The van der Waals surface area contributed by atoms with Crippen LogP contribution in [-0.4, -0.2) is 24.7 Å². The number of benzene rings is 3. The molecule has 0 saturated carbocycles. The van der Waals surface area contributed by atoms with Crippen LogP contribution in [-0.2, 0) is 18.9 Å². The van der Waals surface area contributed by atoms with Crippen LogP contribution in [0, 0.1) is 17.0 Å². The van der Waals surface area contributed by atoms with E-state index < -0.39 is 34.1 Å². The molecule has 0 aliphatic carbocycles. The highest BCUT2D eigenvalue weighted by molar-refractivity contribution is 5.67. The fourth-order valence-electron chi connectivity index (χ4n) is 3.65. The largest absolute Gasteiger partial charge is 0.416 e. The lowest BCUT2D eigenvalue weighted by atomic mass is 9.99. The van der Waals surface area contributed by atoms with E-state index in [1.54, 1.807) is 6.92 Å². The normalized spacial score (nSPS) is 12.1. The number of rotatable bonds is 5. The molecule has 0 saturated heterocycles. The van der Waals surface area contributed by atoms with E-state index >= 15 is 0 Å². The Bertz CT molecular complexity index is 1510. The van der Waals surface area contributed by atoms with Crippen LogP contribution >= 0.6 is 0 Å². The van der Waals surface area contributed by atoms with Gasteiger partial charge in [-0.05, 0) is 70.4 Å². The first-order valence-electron chi connectivity index (χ1n) is 10.4. The van der Waals surface area contributed by atoms with Crippen molar-refractivity contribution in [2.75, 3.05) is 0 Å². The van der Waals surface area contributed by atoms with E-state index in [0.717, 1.165) is 9.36 Å². The molecule has 192 valence electrons. The van der Waals surface area contributed by atoms with E-state index in [-0.39, 0.29) is 35.1 Å². The third-order valence-electron chi connectivity index (χ3n) is 5.46. The maximum Gasteiger partial charge on any atom is 0.416 e. The number of hydrogen-bond acceptors (Lipinski definition) is 5.